The molecule has 3 heterocycles. The number of hydrogen-bond acceptors (Lipinski definition) is 6. The molecule has 170 valence electrons. The Morgan fingerprint density at radius 3 is 2.64 bits per heavy atom. The first-order chi connectivity index (χ1) is 15.9. The number of rotatable bonds is 5. The van der Waals surface area contributed by atoms with Crippen LogP contribution in [-0.4, -0.2) is 63.1 Å². The van der Waals surface area contributed by atoms with Crippen LogP contribution in [0.2, 0.25) is 0 Å². The zero-order valence-corrected chi connectivity index (χ0v) is 18.5. The van der Waals surface area contributed by atoms with Crippen LogP contribution < -0.4 is 0 Å². The van der Waals surface area contributed by atoms with Crippen molar-refractivity contribution < 1.29 is 19.2 Å². The lowest BCUT2D eigenvalue weighted by molar-refractivity contribution is 0.0697. The van der Waals surface area contributed by atoms with E-state index in [-0.39, 0.29) is 17.4 Å². The largest absolute Gasteiger partial charge is 0.478 e. The van der Waals surface area contributed by atoms with E-state index >= 15 is 0 Å². The third-order valence-electron chi connectivity index (χ3n) is 6.84. The minimum absolute atomic E-state index is 0.105. The molecular weight excluding hydrogens is 420 g/mol. The van der Waals surface area contributed by atoms with Gasteiger partial charge in [-0.05, 0) is 49.6 Å². The molecule has 0 spiro atoms. The standard InChI is InChI=1S/C25H26N4O4/c1-17-26-24(33-27-17)25-15-28(13-18-6-3-2-4-7-18)11-10-21(25)14-29(16-25)22(30)19-8-5-9-20(12-19)23(31)32/h2-9,12,21H,10-11,13-16H2,1H3,(H,31,32)/t21-,25-/m0/s1. The topological polar surface area (TPSA) is 99.8 Å². The van der Waals surface area contributed by atoms with Crippen molar-refractivity contribution in [1.82, 2.24) is 19.9 Å². The molecule has 8 nitrogen and oxygen atoms in total. The first-order valence-corrected chi connectivity index (χ1v) is 11.1. The van der Waals surface area contributed by atoms with Crippen molar-refractivity contribution in [3.05, 3.63) is 83.0 Å². The van der Waals surface area contributed by atoms with E-state index in [0.717, 1.165) is 19.5 Å². The van der Waals surface area contributed by atoms with Crippen LogP contribution in [0.25, 0.3) is 0 Å². The van der Waals surface area contributed by atoms with E-state index < -0.39 is 11.4 Å². The predicted molar refractivity (Wildman–Crippen MR) is 120 cm³/mol. The minimum atomic E-state index is -1.05. The van der Waals surface area contributed by atoms with Gasteiger partial charge in [-0.3, -0.25) is 9.69 Å². The summed E-state index contributed by atoms with van der Waals surface area (Å²) in [5, 5.41) is 13.4. The number of fused-ring (bicyclic) bond motifs is 1. The molecule has 1 N–H and O–H groups in total. The molecule has 2 saturated heterocycles. The van der Waals surface area contributed by atoms with Crippen LogP contribution in [0.3, 0.4) is 0 Å². The number of amides is 1. The molecule has 5 rings (SSSR count). The van der Waals surface area contributed by atoms with Gasteiger partial charge in [-0.1, -0.05) is 41.6 Å². The molecule has 2 atom stereocenters. The Balaban J connectivity index is 1.43. The molecule has 0 unspecified atom stereocenters. The number of carboxylic acids is 1. The fraction of sp³-hybridized carbons (Fsp3) is 0.360. The second-order valence-electron chi connectivity index (χ2n) is 9.06. The monoisotopic (exact) mass is 446 g/mol. The van der Waals surface area contributed by atoms with Gasteiger partial charge in [-0.15, -0.1) is 0 Å². The second-order valence-corrected chi connectivity index (χ2v) is 9.06. The van der Waals surface area contributed by atoms with Gasteiger partial charge in [0, 0.05) is 31.7 Å². The molecule has 8 heteroatoms. The van der Waals surface area contributed by atoms with E-state index in [0.29, 0.717) is 36.9 Å². The van der Waals surface area contributed by atoms with E-state index in [1.54, 1.807) is 19.1 Å². The lowest BCUT2D eigenvalue weighted by Crippen LogP contribution is -2.51. The van der Waals surface area contributed by atoms with E-state index in [4.69, 9.17) is 4.52 Å². The third-order valence-corrected chi connectivity index (χ3v) is 6.84. The average Bonchev–Trinajstić information content (AvgIpc) is 3.43. The van der Waals surface area contributed by atoms with Gasteiger partial charge in [-0.2, -0.15) is 4.98 Å². The number of carbonyl (C=O) groups is 2. The van der Waals surface area contributed by atoms with Gasteiger partial charge in [0.25, 0.3) is 5.91 Å². The number of piperidine rings is 1. The first-order valence-electron chi connectivity index (χ1n) is 11.1. The fourth-order valence-corrected chi connectivity index (χ4v) is 5.25. The van der Waals surface area contributed by atoms with Crippen molar-refractivity contribution in [2.24, 2.45) is 5.92 Å². The Labute approximate surface area is 191 Å². The molecule has 3 aromatic rings. The lowest BCUT2D eigenvalue weighted by atomic mass is 9.73. The van der Waals surface area contributed by atoms with Gasteiger partial charge in [0.1, 0.15) is 0 Å². The molecule has 2 fully saturated rings. The van der Waals surface area contributed by atoms with Crippen LogP contribution >= 0.6 is 0 Å². The molecule has 2 aliphatic rings. The molecule has 1 amide bonds. The third kappa shape index (κ3) is 4.02. The van der Waals surface area contributed by atoms with Crippen molar-refractivity contribution in [2.45, 2.75) is 25.3 Å². The quantitative estimate of drug-likeness (QED) is 0.643. The van der Waals surface area contributed by atoms with Gasteiger partial charge in [0.15, 0.2) is 5.82 Å². The van der Waals surface area contributed by atoms with Crippen LogP contribution in [0.5, 0.6) is 0 Å². The number of aromatic nitrogens is 2. The van der Waals surface area contributed by atoms with Gasteiger partial charge in [0.05, 0.1) is 11.0 Å². The number of carbonyl (C=O) groups excluding carboxylic acids is 1. The molecule has 0 aliphatic carbocycles. The Hall–Kier alpha value is -3.52. The summed E-state index contributed by atoms with van der Waals surface area (Å²) in [5.74, 6) is 0.136. The van der Waals surface area contributed by atoms with Crippen molar-refractivity contribution in [3.63, 3.8) is 0 Å². The average molecular weight is 447 g/mol. The molecule has 2 aromatic carbocycles. The maximum Gasteiger partial charge on any atom is 0.335 e. The van der Waals surface area contributed by atoms with Crippen LogP contribution in [0.15, 0.2) is 59.1 Å². The van der Waals surface area contributed by atoms with Gasteiger partial charge in [0.2, 0.25) is 5.89 Å². The Bertz CT molecular complexity index is 1180. The van der Waals surface area contributed by atoms with Crippen LogP contribution in [0, 0.1) is 12.8 Å². The van der Waals surface area contributed by atoms with Crippen molar-refractivity contribution in [3.8, 4) is 0 Å². The molecule has 0 bridgehead atoms. The molecular formula is C25H26N4O4. The smallest absolute Gasteiger partial charge is 0.335 e. The van der Waals surface area contributed by atoms with E-state index in [9.17, 15) is 14.7 Å². The summed E-state index contributed by atoms with van der Waals surface area (Å²) in [7, 11) is 0. The summed E-state index contributed by atoms with van der Waals surface area (Å²) in [6.45, 7) is 5.30. The first kappa shape index (κ1) is 21.3. The van der Waals surface area contributed by atoms with Gasteiger partial charge in [-0.25, -0.2) is 4.79 Å². The Kier molecular flexibility index (Phi) is 5.46. The fourth-order valence-electron chi connectivity index (χ4n) is 5.25. The maximum atomic E-state index is 13.4. The molecule has 33 heavy (non-hydrogen) atoms. The minimum Gasteiger partial charge on any atom is -0.478 e. The highest BCUT2D eigenvalue weighted by atomic mass is 16.5. The SMILES string of the molecule is Cc1noc([C@]23CN(Cc4ccccc4)CC[C@H]2CN(C(=O)c2cccc(C(=O)O)c2)C3)n1. The van der Waals surface area contributed by atoms with E-state index in [1.807, 2.05) is 23.1 Å². The normalized spacial score (nSPS) is 22.8. The highest BCUT2D eigenvalue weighted by molar-refractivity contribution is 5.97. The van der Waals surface area contributed by atoms with E-state index in [1.165, 1.54) is 17.7 Å². The van der Waals surface area contributed by atoms with Crippen molar-refractivity contribution >= 4 is 11.9 Å². The second kappa shape index (κ2) is 8.44. The highest BCUT2D eigenvalue weighted by Crippen LogP contribution is 2.44. The van der Waals surface area contributed by atoms with Crippen LogP contribution in [-0.2, 0) is 12.0 Å². The van der Waals surface area contributed by atoms with Crippen molar-refractivity contribution in [2.75, 3.05) is 26.2 Å². The molecule has 0 saturated carbocycles. The zero-order valence-electron chi connectivity index (χ0n) is 18.5. The summed E-state index contributed by atoms with van der Waals surface area (Å²) < 4.78 is 5.69. The number of nitrogens with zero attached hydrogens (tertiary/aromatic N) is 4. The highest BCUT2D eigenvalue weighted by Gasteiger charge is 2.55. The number of benzene rings is 2. The van der Waals surface area contributed by atoms with Crippen molar-refractivity contribution in [1.29, 1.82) is 0 Å². The molecule has 0 radical (unpaired) electrons. The number of likely N-dealkylation sites (tertiary alicyclic amines) is 2. The van der Waals surface area contributed by atoms with Crippen LogP contribution in [0.4, 0.5) is 0 Å². The predicted octanol–water partition coefficient (Wildman–Crippen LogP) is 2.99. The maximum absolute atomic E-state index is 13.4. The van der Waals surface area contributed by atoms with Gasteiger partial charge < -0.3 is 14.5 Å². The molecule has 2 aliphatic heterocycles. The van der Waals surface area contributed by atoms with E-state index in [2.05, 4.69) is 27.2 Å². The lowest BCUT2D eigenvalue weighted by Gasteiger charge is -2.41. The number of hydrogen-bond donors (Lipinski definition) is 1. The number of aromatic carboxylic acids is 1. The summed E-state index contributed by atoms with van der Waals surface area (Å²) >= 11 is 0. The van der Waals surface area contributed by atoms with Gasteiger partial charge >= 0.3 is 5.97 Å². The Morgan fingerprint density at radius 2 is 1.91 bits per heavy atom. The summed E-state index contributed by atoms with van der Waals surface area (Å²) in [6.07, 6.45) is 0.910. The summed E-state index contributed by atoms with van der Waals surface area (Å²) in [4.78, 5) is 33.5. The molecule has 1 aromatic heterocycles. The number of carboxylic acid groups (broad SMARTS) is 1. The Morgan fingerprint density at radius 1 is 1.12 bits per heavy atom. The number of aryl methyl sites for hydroxylation is 1. The van der Waals surface area contributed by atoms with Crippen LogP contribution in [0.1, 0.15) is 44.4 Å². The summed E-state index contributed by atoms with van der Waals surface area (Å²) in [5.41, 5.74) is 1.28. The summed E-state index contributed by atoms with van der Waals surface area (Å²) in [6, 6.07) is 16.6. The zero-order chi connectivity index (χ0) is 23.0.